The van der Waals surface area contributed by atoms with Gasteiger partial charge in [-0.1, -0.05) is 23.7 Å². The fourth-order valence-corrected chi connectivity index (χ4v) is 3.92. The summed E-state index contributed by atoms with van der Waals surface area (Å²) in [7, 11) is 0. The molecule has 122 valence electrons. The molecule has 0 bridgehead atoms. The summed E-state index contributed by atoms with van der Waals surface area (Å²) >= 11 is 6.13. The fraction of sp³-hybridized carbons (Fsp3) is 0.562. The van der Waals surface area contributed by atoms with Crippen LogP contribution in [-0.2, 0) is 5.41 Å². The lowest BCUT2D eigenvalue weighted by Gasteiger charge is -2.42. The van der Waals surface area contributed by atoms with Crippen molar-refractivity contribution in [2.45, 2.75) is 37.1 Å². The zero-order valence-electron chi connectivity index (χ0n) is 12.6. The van der Waals surface area contributed by atoms with Gasteiger partial charge in [0.15, 0.2) is 0 Å². The normalized spacial score (nSPS) is 28.2. The van der Waals surface area contributed by atoms with Crippen LogP contribution in [0.2, 0.25) is 5.02 Å². The Morgan fingerprint density at radius 1 is 1.36 bits per heavy atom. The van der Waals surface area contributed by atoms with Crippen molar-refractivity contribution in [2.24, 2.45) is 5.73 Å². The zero-order valence-corrected chi connectivity index (χ0v) is 14.1. The predicted octanol–water partition coefficient (Wildman–Crippen LogP) is 2.93. The molecule has 0 unspecified atom stereocenters. The average molecular weight is 344 g/mol. The number of hydrogen-bond acceptors (Lipinski definition) is 2. The van der Waals surface area contributed by atoms with Crippen LogP contribution in [0.3, 0.4) is 0 Å². The highest BCUT2D eigenvalue weighted by Crippen LogP contribution is 2.40. The maximum absolute atomic E-state index is 11.8. The fourth-order valence-electron chi connectivity index (χ4n) is 3.73. The zero-order chi connectivity index (χ0) is 14.9. The van der Waals surface area contributed by atoms with Crippen molar-refractivity contribution in [3.63, 3.8) is 0 Å². The molecule has 1 aromatic carbocycles. The van der Waals surface area contributed by atoms with E-state index in [-0.39, 0.29) is 23.9 Å². The summed E-state index contributed by atoms with van der Waals surface area (Å²) < 4.78 is 0. The highest BCUT2D eigenvalue weighted by Gasteiger charge is 2.39. The molecule has 22 heavy (non-hydrogen) atoms. The van der Waals surface area contributed by atoms with Gasteiger partial charge in [-0.05, 0) is 43.4 Å². The molecule has 0 atom stereocenters. The topological polar surface area (TPSA) is 58.4 Å². The van der Waals surface area contributed by atoms with Crippen LogP contribution < -0.4 is 11.1 Å². The van der Waals surface area contributed by atoms with E-state index in [1.165, 1.54) is 5.56 Å². The maximum atomic E-state index is 11.8. The monoisotopic (exact) mass is 343 g/mol. The van der Waals surface area contributed by atoms with Gasteiger partial charge in [0.2, 0.25) is 0 Å². The highest BCUT2D eigenvalue weighted by atomic mass is 35.5. The molecule has 3 N–H and O–H groups in total. The molecule has 0 radical (unpaired) electrons. The number of hydrogen-bond donors (Lipinski definition) is 2. The molecule has 0 spiro atoms. The summed E-state index contributed by atoms with van der Waals surface area (Å²) in [5.41, 5.74) is 7.36. The number of amides is 2. The Bertz CT molecular complexity index is 530. The molecule has 4 nitrogen and oxygen atoms in total. The van der Waals surface area contributed by atoms with E-state index in [1.54, 1.807) is 0 Å². The Morgan fingerprint density at radius 3 is 2.64 bits per heavy atom. The minimum Gasteiger partial charge on any atom is -0.336 e. The van der Waals surface area contributed by atoms with Crippen LogP contribution in [0.25, 0.3) is 0 Å². The van der Waals surface area contributed by atoms with Crippen LogP contribution >= 0.6 is 24.0 Å². The molecule has 1 aromatic rings. The number of nitrogens with zero attached hydrogens (tertiary/aromatic N) is 1. The van der Waals surface area contributed by atoms with Gasteiger partial charge in [-0.15, -0.1) is 12.4 Å². The summed E-state index contributed by atoms with van der Waals surface area (Å²) in [6.07, 6.45) is 4.05. The summed E-state index contributed by atoms with van der Waals surface area (Å²) in [5.74, 6) is 0. The van der Waals surface area contributed by atoms with Crippen LogP contribution in [0.5, 0.6) is 0 Å². The van der Waals surface area contributed by atoms with Crippen molar-refractivity contribution >= 4 is 30.0 Å². The van der Waals surface area contributed by atoms with Crippen LogP contribution in [0.4, 0.5) is 4.79 Å². The molecule has 2 amide bonds. The highest BCUT2D eigenvalue weighted by molar-refractivity contribution is 6.30. The SMILES string of the molecule is Cl.NCC1(c2cccc(Cl)c2)CCC(N2CCNC2=O)CC1. The van der Waals surface area contributed by atoms with Crippen LogP contribution in [0.1, 0.15) is 31.2 Å². The van der Waals surface area contributed by atoms with Crippen molar-refractivity contribution in [2.75, 3.05) is 19.6 Å². The average Bonchev–Trinajstić information content (AvgIpc) is 2.93. The van der Waals surface area contributed by atoms with Crippen LogP contribution in [0, 0.1) is 0 Å². The lowest BCUT2D eigenvalue weighted by Crippen LogP contribution is -2.46. The van der Waals surface area contributed by atoms with Crippen molar-refractivity contribution in [1.82, 2.24) is 10.2 Å². The van der Waals surface area contributed by atoms with Gasteiger partial charge < -0.3 is 16.0 Å². The molecule has 0 aromatic heterocycles. The first-order valence-corrected chi connectivity index (χ1v) is 8.03. The molecule has 1 saturated heterocycles. The second-order valence-corrected chi connectivity index (χ2v) is 6.59. The third-order valence-corrected chi connectivity index (χ3v) is 5.31. The first kappa shape index (κ1) is 17.4. The minimum atomic E-state index is 0. The molecule has 1 aliphatic heterocycles. The van der Waals surface area contributed by atoms with Crippen molar-refractivity contribution in [3.05, 3.63) is 34.9 Å². The number of urea groups is 1. The van der Waals surface area contributed by atoms with Crippen LogP contribution in [0.15, 0.2) is 24.3 Å². The molecular weight excluding hydrogens is 321 g/mol. The summed E-state index contributed by atoms with van der Waals surface area (Å²) in [5, 5.41) is 3.65. The Kier molecular flexibility index (Phi) is 5.59. The third-order valence-electron chi connectivity index (χ3n) is 5.07. The van der Waals surface area contributed by atoms with Gasteiger partial charge in [0.25, 0.3) is 0 Å². The first-order chi connectivity index (χ1) is 10.1. The maximum Gasteiger partial charge on any atom is 0.317 e. The first-order valence-electron chi connectivity index (χ1n) is 7.65. The number of nitrogens with two attached hydrogens (primary N) is 1. The smallest absolute Gasteiger partial charge is 0.317 e. The van der Waals surface area contributed by atoms with Gasteiger partial charge in [-0.25, -0.2) is 4.79 Å². The Balaban J connectivity index is 0.00000176. The summed E-state index contributed by atoms with van der Waals surface area (Å²) in [6, 6.07) is 8.50. The molecule has 1 aliphatic carbocycles. The number of carbonyl (C=O) groups excluding carboxylic acids is 1. The van der Waals surface area contributed by atoms with E-state index >= 15 is 0 Å². The lowest BCUT2D eigenvalue weighted by atomic mass is 9.68. The third kappa shape index (κ3) is 3.19. The lowest BCUT2D eigenvalue weighted by molar-refractivity contribution is 0.154. The molecule has 1 heterocycles. The van der Waals surface area contributed by atoms with E-state index in [0.29, 0.717) is 12.6 Å². The van der Waals surface area contributed by atoms with Crippen molar-refractivity contribution in [1.29, 1.82) is 0 Å². The summed E-state index contributed by atoms with van der Waals surface area (Å²) in [6.45, 7) is 2.23. The molecule has 2 aliphatic rings. The number of rotatable bonds is 3. The Morgan fingerprint density at radius 2 is 2.09 bits per heavy atom. The van der Waals surface area contributed by atoms with E-state index in [1.807, 2.05) is 23.1 Å². The van der Waals surface area contributed by atoms with E-state index in [4.69, 9.17) is 17.3 Å². The van der Waals surface area contributed by atoms with Crippen molar-refractivity contribution < 1.29 is 4.79 Å². The van der Waals surface area contributed by atoms with Crippen LogP contribution in [-0.4, -0.2) is 36.6 Å². The second-order valence-electron chi connectivity index (χ2n) is 6.15. The van der Waals surface area contributed by atoms with Gasteiger partial charge in [0.1, 0.15) is 0 Å². The van der Waals surface area contributed by atoms with Gasteiger partial charge in [0.05, 0.1) is 0 Å². The largest absolute Gasteiger partial charge is 0.336 e. The van der Waals surface area contributed by atoms with E-state index in [2.05, 4.69) is 11.4 Å². The number of halogens is 2. The van der Waals surface area contributed by atoms with Crippen molar-refractivity contribution in [3.8, 4) is 0 Å². The Hall–Kier alpha value is -0.970. The Labute approximate surface area is 142 Å². The summed E-state index contributed by atoms with van der Waals surface area (Å²) in [4.78, 5) is 13.8. The number of benzene rings is 1. The van der Waals surface area contributed by atoms with Gasteiger partial charge >= 0.3 is 6.03 Å². The van der Waals surface area contributed by atoms with Gasteiger partial charge in [0, 0.05) is 36.1 Å². The van der Waals surface area contributed by atoms with E-state index in [9.17, 15) is 4.79 Å². The molecular formula is C16H23Cl2N3O. The second kappa shape index (κ2) is 7.07. The van der Waals surface area contributed by atoms with E-state index in [0.717, 1.165) is 43.8 Å². The number of carbonyl (C=O) groups is 1. The minimum absolute atomic E-state index is 0. The molecule has 6 heteroatoms. The van der Waals surface area contributed by atoms with Gasteiger partial charge in [-0.2, -0.15) is 0 Å². The standard InChI is InChI=1S/C16H22ClN3O.ClH/c17-13-3-1-2-12(10-13)16(11-18)6-4-14(5-7-16)20-9-8-19-15(20)21;/h1-3,10,14H,4-9,11,18H2,(H,19,21);1H. The predicted molar refractivity (Wildman–Crippen MR) is 91.8 cm³/mol. The number of nitrogens with one attached hydrogen (secondary N) is 1. The van der Waals surface area contributed by atoms with Gasteiger partial charge in [-0.3, -0.25) is 0 Å². The van der Waals surface area contributed by atoms with E-state index < -0.39 is 0 Å². The molecule has 3 rings (SSSR count). The quantitative estimate of drug-likeness (QED) is 0.886. The molecule has 2 fully saturated rings. The molecule has 1 saturated carbocycles.